The van der Waals surface area contributed by atoms with E-state index in [-0.39, 0.29) is 0 Å². The number of hydrogen-bond acceptors (Lipinski definition) is 3. The van der Waals surface area contributed by atoms with Crippen molar-refractivity contribution in [2.24, 2.45) is 5.92 Å². The summed E-state index contributed by atoms with van der Waals surface area (Å²) in [5.41, 5.74) is 0.293. The van der Waals surface area contributed by atoms with Crippen LogP contribution in [0.3, 0.4) is 0 Å². The monoisotopic (exact) mass is 237 g/mol. The fraction of sp³-hybridized carbons (Fsp3) is 0.615. The molecule has 1 N–H and O–H groups in total. The van der Waals surface area contributed by atoms with Gasteiger partial charge in [0, 0.05) is 6.54 Å². The molecule has 1 heterocycles. The van der Waals surface area contributed by atoms with Crippen molar-refractivity contribution in [2.75, 3.05) is 13.1 Å². The fourth-order valence-electron chi connectivity index (χ4n) is 2.07. The van der Waals surface area contributed by atoms with E-state index in [2.05, 4.69) is 11.8 Å². The summed E-state index contributed by atoms with van der Waals surface area (Å²) < 4.78 is 5.28. The number of carboxylic acid groups (broad SMARTS) is 1. The molecule has 0 unspecified atom stereocenters. The molecule has 0 aromatic carbocycles. The number of aromatic carboxylic acids is 1. The van der Waals surface area contributed by atoms with Gasteiger partial charge in [-0.25, -0.2) is 4.79 Å². The van der Waals surface area contributed by atoms with E-state index in [9.17, 15) is 4.79 Å². The smallest absolute Gasteiger partial charge is 0.339 e. The Morgan fingerprint density at radius 3 is 2.94 bits per heavy atom. The first-order valence-electron chi connectivity index (χ1n) is 6.22. The Morgan fingerprint density at radius 2 is 2.35 bits per heavy atom. The van der Waals surface area contributed by atoms with Gasteiger partial charge in [-0.1, -0.05) is 6.92 Å². The average molecular weight is 237 g/mol. The lowest BCUT2D eigenvalue weighted by Crippen LogP contribution is -2.26. The van der Waals surface area contributed by atoms with E-state index in [1.807, 2.05) is 0 Å². The summed E-state index contributed by atoms with van der Waals surface area (Å²) in [4.78, 5) is 13.3. The normalized spacial score (nSPS) is 15.4. The van der Waals surface area contributed by atoms with Crippen molar-refractivity contribution >= 4 is 5.97 Å². The van der Waals surface area contributed by atoms with E-state index in [1.165, 1.54) is 25.2 Å². The van der Waals surface area contributed by atoms with Gasteiger partial charge < -0.3 is 9.52 Å². The zero-order valence-electron chi connectivity index (χ0n) is 10.2. The van der Waals surface area contributed by atoms with Gasteiger partial charge in [0.2, 0.25) is 0 Å². The lowest BCUT2D eigenvalue weighted by Gasteiger charge is -2.20. The minimum atomic E-state index is -0.906. The van der Waals surface area contributed by atoms with Gasteiger partial charge in [-0.05, 0) is 37.8 Å². The van der Waals surface area contributed by atoms with E-state index in [4.69, 9.17) is 9.52 Å². The Kier molecular flexibility index (Phi) is 3.84. The molecule has 1 fully saturated rings. The first-order valence-corrected chi connectivity index (χ1v) is 6.22. The maximum Gasteiger partial charge on any atom is 0.339 e. The highest BCUT2D eigenvalue weighted by atomic mass is 16.4. The zero-order chi connectivity index (χ0) is 12.3. The predicted octanol–water partition coefficient (Wildman–Crippen LogP) is 2.60. The average Bonchev–Trinajstić information content (AvgIpc) is 2.95. The third kappa shape index (κ3) is 3.33. The molecule has 4 heteroatoms. The molecule has 4 nitrogen and oxygen atoms in total. The standard InChI is InChI=1S/C13H19NO3/c1-2-6-14(8-10-3-4-10)9-12-11(13(15)16)5-7-17-12/h5,7,10H,2-4,6,8-9H2,1H3,(H,15,16). The van der Waals surface area contributed by atoms with Crippen LogP contribution in [0.4, 0.5) is 0 Å². The molecule has 0 aliphatic heterocycles. The molecule has 94 valence electrons. The van der Waals surface area contributed by atoms with E-state index in [1.54, 1.807) is 0 Å². The molecule has 17 heavy (non-hydrogen) atoms. The Bertz CT molecular complexity index is 382. The molecule has 1 aliphatic rings. The quantitative estimate of drug-likeness (QED) is 0.792. The predicted molar refractivity (Wildman–Crippen MR) is 64.0 cm³/mol. The SMILES string of the molecule is CCCN(Cc1occc1C(=O)O)CC1CC1. The molecule has 0 spiro atoms. The third-order valence-electron chi connectivity index (χ3n) is 3.10. The second kappa shape index (κ2) is 5.36. The van der Waals surface area contributed by atoms with E-state index in [0.717, 1.165) is 25.4 Å². The summed E-state index contributed by atoms with van der Waals surface area (Å²) in [7, 11) is 0. The summed E-state index contributed by atoms with van der Waals surface area (Å²) in [6.07, 6.45) is 5.16. The van der Waals surface area contributed by atoms with Gasteiger partial charge in [0.15, 0.2) is 0 Å². The first kappa shape index (κ1) is 12.2. The number of hydrogen-bond donors (Lipinski definition) is 1. The van der Waals surface area contributed by atoms with Crippen LogP contribution in [0.25, 0.3) is 0 Å². The van der Waals surface area contributed by atoms with Crippen LogP contribution >= 0.6 is 0 Å². The maximum absolute atomic E-state index is 11.0. The van der Waals surface area contributed by atoms with Crippen molar-refractivity contribution < 1.29 is 14.3 Å². The highest BCUT2D eigenvalue weighted by Crippen LogP contribution is 2.30. The van der Waals surface area contributed by atoms with Gasteiger partial charge in [0.25, 0.3) is 0 Å². The molecule has 0 bridgehead atoms. The second-order valence-electron chi connectivity index (χ2n) is 4.74. The minimum Gasteiger partial charge on any atom is -0.478 e. The topological polar surface area (TPSA) is 53.7 Å². The second-order valence-corrected chi connectivity index (χ2v) is 4.74. The van der Waals surface area contributed by atoms with Crippen molar-refractivity contribution in [2.45, 2.75) is 32.7 Å². The summed E-state index contributed by atoms with van der Waals surface area (Å²) in [6, 6.07) is 1.53. The van der Waals surface area contributed by atoms with Crippen LogP contribution in [0.2, 0.25) is 0 Å². The number of nitrogens with zero attached hydrogens (tertiary/aromatic N) is 1. The molecule has 0 atom stereocenters. The van der Waals surface area contributed by atoms with Gasteiger partial charge in [0.1, 0.15) is 11.3 Å². The summed E-state index contributed by atoms with van der Waals surface area (Å²) in [5.74, 6) is 0.480. The van der Waals surface area contributed by atoms with E-state index < -0.39 is 5.97 Å². The molecular formula is C13H19NO3. The summed E-state index contributed by atoms with van der Waals surface area (Å²) >= 11 is 0. The largest absolute Gasteiger partial charge is 0.478 e. The molecule has 0 saturated heterocycles. The molecule has 1 aromatic rings. The zero-order valence-corrected chi connectivity index (χ0v) is 10.2. The highest BCUT2D eigenvalue weighted by Gasteiger charge is 2.25. The molecular weight excluding hydrogens is 218 g/mol. The van der Waals surface area contributed by atoms with Crippen LogP contribution in [0, 0.1) is 5.92 Å². The summed E-state index contributed by atoms with van der Waals surface area (Å²) in [5, 5.41) is 9.01. The Morgan fingerprint density at radius 1 is 1.59 bits per heavy atom. The number of furan rings is 1. The van der Waals surface area contributed by atoms with Crippen LogP contribution in [0.15, 0.2) is 16.7 Å². The first-order chi connectivity index (χ1) is 8.20. The van der Waals surface area contributed by atoms with Crippen molar-refractivity contribution in [1.82, 2.24) is 4.90 Å². The molecule has 2 rings (SSSR count). The molecule has 1 aliphatic carbocycles. The lowest BCUT2D eigenvalue weighted by molar-refractivity contribution is 0.0692. The summed E-state index contributed by atoms with van der Waals surface area (Å²) in [6.45, 7) is 4.81. The Labute approximate surface area is 101 Å². The van der Waals surface area contributed by atoms with E-state index in [0.29, 0.717) is 17.9 Å². The molecule has 0 amide bonds. The lowest BCUT2D eigenvalue weighted by atomic mass is 10.2. The number of rotatable bonds is 7. The minimum absolute atomic E-state index is 0.293. The number of carboxylic acids is 1. The third-order valence-corrected chi connectivity index (χ3v) is 3.10. The van der Waals surface area contributed by atoms with Crippen LogP contribution in [0.1, 0.15) is 42.3 Å². The van der Waals surface area contributed by atoms with Crippen molar-refractivity contribution in [3.8, 4) is 0 Å². The van der Waals surface area contributed by atoms with Crippen LogP contribution in [-0.2, 0) is 6.54 Å². The van der Waals surface area contributed by atoms with Crippen molar-refractivity contribution in [1.29, 1.82) is 0 Å². The van der Waals surface area contributed by atoms with Gasteiger partial charge in [-0.3, -0.25) is 4.90 Å². The highest BCUT2D eigenvalue weighted by molar-refractivity contribution is 5.88. The van der Waals surface area contributed by atoms with Gasteiger partial charge in [-0.15, -0.1) is 0 Å². The van der Waals surface area contributed by atoms with Gasteiger partial charge in [0.05, 0.1) is 12.8 Å². The number of carbonyl (C=O) groups is 1. The van der Waals surface area contributed by atoms with Crippen molar-refractivity contribution in [3.05, 3.63) is 23.7 Å². The Balaban J connectivity index is 1.99. The molecule has 0 radical (unpaired) electrons. The Hall–Kier alpha value is -1.29. The molecule has 1 saturated carbocycles. The van der Waals surface area contributed by atoms with Crippen LogP contribution in [-0.4, -0.2) is 29.1 Å². The molecule has 1 aromatic heterocycles. The van der Waals surface area contributed by atoms with Gasteiger partial charge >= 0.3 is 5.97 Å². The van der Waals surface area contributed by atoms with Crippen molar-refractivity contribution in [3.63, 3.8) is 0 Å². The maximum atomic E-state index is 11.0. The van der Waals surface area contributed by atoms with E-state index >= 15 is 0 Å². The van der Waals surface area contributed by atoms with Crippen LogP contribution in [0.5, 0.6) is 0 Å². The van der Waals surface area contributed by atoms with Crippen LogP contribution < -0.4 is 0 Å². The van der Waals surface area contributed by atoms with Gasteiger partial charge in [-0.2, -0.15) is 0 Å². The fourth-order valence-corrected chi connectivity index (χ4v) is 2.07.